The Labute approximate surface area is 287 Å². The number of nitrogens with zero attached hydrogens (tertiary/aromatic N) is 1. The highest BCUT2D eigenvalue weighted by Gasteiger charge is 2.26. The van der Waals surface area contributed by atoms with Crippen molar-refractivity contribution in [1.29, 1.82) is 0 Å². The van der Waals surface area contributed by atoms with Crippen LogP contribution in [0.25, 0.3) is 20.7 Å². The maximum atomic E-state index is 14.9. The largest absolute Gasteiger partial charge is 0.396 e. The van der Waals surface area contributed by atoms with E-state index in [4.69, 9.17) is 4.74 Å². The molecule has 8 nitrogen and oxygen atoms in total. The standard InChI is InChI=1S/C38H39F2N3O5S/c1-23(21-44)34(45)30-20-43(19-29-31(39)10-7-11-32(29)40)38-33(35(30)46)28(18-41-17-16-25-8-5-4-6-9-25)36(49-38)26-12-14-27(15-13-26)42-37(47)24(2)22-48-3/h4-15,20,23-24,41,44H,16-19,21-22H2,1-3H3,(H,42,47). The molecule has 0 aliphatic rings. The van der Waals surface area contributed by atoms with E-state index in [1.54, 1.807) is 23.6 Å². The molecule has 2 atom stereocenters. The predicted octanol–water partition coefficient (Wildman–Crippen LogP) is 6.42. The average Bonchev–Trinajstić information content (AvgIpc) is 3.49. The van der Waals surface area contributed by atoms with Crippen LogP contribution in [0.3, 0.4) is 0 Å². The molecule has 0 spiro atoms. The lowest BCUT2D eigenvalue weighted by atomic mass is 9.98. The van der Waals surface area contributed by atoms with Crippen LogP contribution in [-0.2, 0) is 29.0 Å². The number of hydrogen-bond acceptors (Lipinski definition) is 7. The molecule has 0 saturated heterocycles. The summed E-state index contributed by atoms with van der Waals surface area (Å²) in [5.41, 5.74) is 2.24. The van der Waals surface area contributed by atoms with Gasteiger partial charge >= 0.3 is 0 Å². The molecule has 0 bridgehead atoms. The number of aliphatic hydroxyl groups is 1. The second-order valence-electron chi connectivity index (χ2n) is 12.1. The van der Waals surface area contributed by atoms with Gasteiger partial charge in [-0.3, -0.25) is 14.4 Å². The van der Waals surface area contributed by atoms with Gasteiger partial charge in [-0.1, -0.05) is 62.4 Å². The van der Waals surface area contributed by atoms with Gasteiger partial charge in [-0.05, 0) is 53.9 Å². The molecule has 0 radical (unpaired) electrons. The van der Waals surface area contributed by atoms with Crippen molar-refractivity contribution in [2.45, 2.75) is 33.4 Å². The number of nitrogens with one attached hydrogen (secondary N) is 2. The van der Waals surface area contributed by atoms with E-state index < -0.39 is 35.4 Å². The third-order valence-electron chi connectivity index (χ3n) is 8.40. The fourth-order valence-corrected chi connectivity index (χ4v) is 6.88. The first-order valence-corrected chi connectivity index (χ1v) is 16.9. The first kappa shape index (κ1) is 35.7. The number of carbonyl (C=O) groups excluding carboxylic acids is 2. The van der Waals surface area contributed by atoms with Crippen molar-refractivity contribution in [3.63, 3.8) is 0 Å². The first-order chi connectivity index (χ1) is 23.6. The number of aliphatic hydroxyl groups excluding tert-OH is 1. The summed E-state index contributed by atoms with van der Waals surface area (Å²) in [5.74, 6) is -3.46. The van der Waals surface area contributed by atoms with E-state index in [9.17, 15) is 28.3 Å². The number of methoxy groups -OCH3 is 1. The number of rotatable bonds is 15. The van der Waals surface area contributed by atoms with Crippen molar-refractivity contribution in [2.75, 3.05) is 32.2 Å². The van der Waals surface area contributed by atoms with Gasteiger partial charge in [0.05, 0.1) is 36.6 Å². The van der Waals surface area contributed by atoms with E-state index in [1.807, 2.05) is 42.5 Å². The van der Waals surface area contributed by atoms with E-state index in [-0.39, 0.29) is 48.0 Å². The molecule has 5 aromatic rings. The lowest BCUT2D eigenvalue weighted by Crippen LogP contribution is -2.26. The zero-order valence-electron chi connectivity index (χ0n) is 27.6. The summed E-state index contributed by atoms with van der Waals surface area (Å²) in [4.78, 5) is 41.4. The number of carbonyl (C=O) groups is 2. The second kappa shape index (κ2) is 16.2. The van der Waals surface area contributed by atoms with E-state index in [2.05, 4.69) is 10.6 Å². The molecule has 0 saturated carbocycles. The average molecular weight is 688 g/mol. The molecule has 2 unspecified atom stereocenters. The number of fused-ring (bicyclic) bond motifs is 1. The third-order valence-corrected chi connectivity index (χ3v) is 9.72. The molecule has 256 valence electrons. The van der Waals surface area contributed by atoms with Crippen LogP contribution in [0.2, 0.25) is 0 Å². The number of halogens is 2. The minimum absolute atomic E-state index is 0.163. The van der Waals surface area contributed by atoms with Crippen LogP contribution in [0.15, 0.2) is 83.8 Å². The number of Topliss-reactive ketones (excluding diaryl/α,β-unsaturated/α-hetero) is 1. The highest BCUT2D eigenvalue weighted by molar-refractivity contribution is 7.22. The number of hydrogen-bond donors (Lipinski definition) is 3. The highest BCUT2D eigenvalue weighted by atomic mass is 32.1. The number of anilines is 1. The lowest BCUT2D eigenvalue weighted by molar-refractivity contribution is -0.120. The molecule has 49 heavy (non-hydrogen) atoms. The van der Waals surface area contributed by atoms with Gasteiger partial charge in [0.15, 0.2) is 5.78 Å². The monoisotopic (exact) mass is 687 g/mol. The summed E-state index contributed by atoms with van der Waals surface area (Å²) < 4.78 is 36.5. The summed E-state index contributed by atoms with van der Waals surface area (Å²) >= 11 is 1.28. The molecule has 1 amide bonds. The van der Waals surface area contributed by atoms with E-state index in [0.717, 1.165) is 34.6 Å². The second-order valence-corrected chi connectivity index (χ2v) is 13.1. The summed E-state index contributed by atoms with van der Waals surface area (Å²) in [6, 6.07) is 20.8. The van der Waals surface area contributed by atoms with Crippen LogP contribution >= 0.6 is 11.3 Å². The van der Waals surface area contributed by atoms with Crippen LogP contribution in [0, 0.1) is 23.5 Å². The number of pyridine rings is 1. The number of benzene rings is 3. The predicted molar refractivity (Wildman–Crippen MR) is 189 cm³/mol. The van der Waals surface area contributed by atoms with Gasteiger partial charge in [0, 0.05) is 41.9 Å². The number of ketones is 1. The molecule has 2 heterocycles. The maximum absolute atomic E-state index is 14.9. The summed E-state index contributed by atoms with van der Waals surface area (Å²) in [6.07, 6.45) is 2.08. The van der Waals surface area contributed by atoms with Gasteiger partial charge in [0.2, 0.25) is 11.3 Å². The van der Waals surface area contributed by atoms with Crippen LogP contribution in [0.1, 0.15) is 40.9 Å². The minimum Gasteiger partial charge on any atom is -0.396 e. The van der Waals surface area contributed by atoms with Gasteiger partial charge < -0.3 is 25.0 Å². The van der Waals surface area contributed by atoms with E-state index in [0.29, 0.717) is 22.6 Å². The van der Waals surface area contributed by atoms with Gasteiger partial charge in [-0.15, -0.1) is 11.3 Å². The van der Waals surface area contributed by atoms with Crippen molar-refractivity contribution < 1.29 is 28.2 Å². The van der Waals surface area contributed by atoms with Crippen LogP contribution < -0.4 is 16.1 Å². The molecule has 3 N–H and O–H groups in total. The molecule has 3 aromatic carbocycles. The molecule has 0 aliphatic heterocycles. The Hall–Kier alpha value is -4.55. The number of ether oxygens (including phenoxy) is 1. The summed E-state index contributed by atoms with van der Waals surface area (Å²) in [5, 5.41) is 16.4. The SMILES string of the molecule is COCC(C)C(=O)Nc1ccc(-c2sc3c(c2CNCCc2ccccc2)c(=O)c(C(=O)C(C)CO)cn3Cc2c(F)cccc2F)cc1. The fourth-order valence-electron chi connectivity index (χ4n) is 5.58. The number of thiophene rings is 1. The third kappa shape index (κ3) is 8.19. The first-order valence-electron chi connectivity index (χ1n) is 16.0. The Balaban J connectivity index is 1.63. The fraction of sp³-hybridized carbons (Fsp3) is 0.289. The maximum Gasteiger partial charge on any atom is 0.229 e. The van der Waals surface area contributed by atoms with E-state index in [1.165, 1.54) is 37.6 Å². The Morgan fingerprint density at radius 1 is 0.939 bits per heavy atom. The summed E-state index contributed by atoms with van der Waals surface area (Å²) in [6.45, 7) is 3.70. The zero-order valence-corrected chi connectivity index (χ0v) is 28.4. The molecule has 0 aliphatic carbocycles. The quantitative estimate of drug-likeness (QED) is 0.0866. The van der Waals surface area contributed by atoms with Gasteiger partial charge in [0.1, 0.15) is 16.5 Å². The molecular formula is C38H39F2N3O5S. The Morgan fingerprint density at radius 2 is 1.63 bits per heavy atom. The van der Waals surface area contributed by atoms with Crippen molar-refractivity contribution in [3.8, 4) is 10.4 Å². The van der Waals surface area contributed by atoms with Crippen LogP contribution in [0.5, 0.6) is 0 Å². The van der Waals surface area contributed by atoms with Gasteiger partial charge in [-0.25, -0.2) is 8.78 Å². The minimum atomic E-state index is -0.858. The van der Waals surface area contributed by atoms with Crippen molar-refractivity contribution >= 4 is 38.9 Å². The molecular weight excluding hydrogens is 648 g/mol. The Morgan fingerprint density at radius 3 is 2.29 bits per heavy atom. The number of amides is 1. The molecule has 2 aromatic heterocycles. The van der Waals surface area contributed by atoms with E-state index >= 15 is 0 Å². The molecule has 11 heteroatoms. The van der Waals surface area contributed by atoms with Crippen LogP contribution in [-0.4, -0.2) is 48.2 Å². The van der Waals surface area contributed by atoms with Crippen molar-refractivity contribution in [3.05, 3.63) is 123 Å². The zero-order chi connectivity index (χ0) is 35.1. The normalized spacial score (nSPS) is 12.6. The lowest BCUT2D eigenvalue weighted by Gasteiger charge is -2.14. The number of aromatic nitrogens is 1. The highest BCUT2D eigenvalue weighted by Crippen LogP contribution is 2.39. The Kier molecular flexibility index (Phi) is 11.8. The molecule has 5 rings (SSSR count). The topological polar surface area (TPSA) is 110 Å². The van der Waals surface area contributed by atoms with Gasteiger partial charge in [0.25, 0.3) is 0 Å². The molecule has 0 fully saturated rings. The summed E-state index contributed by atoms with van der Waals surface area (Å²) in [7, 11) is 1.54. The van der Waals surface area contributed by atoms with Gasteiger partial charge in [-0.2, -0.15) is 0 Å². The van der Waals surface area contributed by atoms with Crippen molar-refractivity contribution in [2.24, 2.45) is 11.8 Å². The van der Waals surface area contributed by atoms with Crippen molar-refractivity contribution in [1.82, 2.24) is 9.88 Å². The van der Waals surface area contributed by atoms with Crippen LogP contribution in [0.4, 0.5) is 14.5 Å². The smallest absolute Gasteiger partial charge is 0.229 e. The Bertz CT molecular complexity index is 1970.